The second-order valence-corrected chi connectivity index (χ2v) is 6.80. The van der Waals surface area contributed by atoms with Crippen molar-refractivity contribution in [3.63, 3.8) is 0 Å². The van der Waals surface area contributed by atoms with E-state index in [1.54, 1.807) is 0 Å². The molecule has 0 unspecified atom stereocenters. The molecule has 0 fully saturated rings. The molecule has 0 bridgehead atoms. The lowest BCUT2D eigenvalue weighted by atomic mass is 10.2. The Kier molecular flexibility index (Phi) is 18.9. The van der Waals surface area contributed by atoms with E-state index in [0.717, 1.165) is 0 Å². The smallest absolute Gasteiger partial charge is 0.308 e. The summed E-state index contributed by atoms with van der Waals surface area (Å²) in [7, 11) is 0. The minimum atomic E-state index is -0.459. The number of rotatable bonds is 20. The molecule has 0 rings (SSSR count). The average Bonchev–Trinajstić information content (AvgIpc) is 2.62. The first-order valence-corrected chi connectivity index (χ1v) is 9.84. The van der Waals surface area contributed by atoms with Gasteiger partial charge in [-0.2, -0.15) is 0 Å². The Bertz CT molecular complexity index is 349. The Morgan fingerprint density at radius 3 is 1.25 bits per heavy atom. The topological polar surface area (TPSA) is 108 Å². The molecule has 0 aromatic heterocycles. The van der Waals surface area contributed by atoms with Gasteiger partial charge in [0, 0.05) is 6.54 Å². The third-order valence-electron chi connectivity index (χ3n) is 2.99. The van der Waals surface area contributed by atoms with Crippen LogP contribution in [-0.2, 0) is 38.0 Å². The number of ether oxygens (including phenoxy) is 7. The van der Waals surface area contributed by atoms with Gasteiger partial charge in [-0.05, 0) is 20.8 Å². The monoisotopic (exact) mass is 409 g/mol. The Morgan fingerprint density at radius 1 is 0.607 bits per heavy atom. The van der Waals surface area contributed by atoms with E-state index < -0.39 is 5.60 Å². The summed E-state index contributed by atoms with van der Waals surface area (Å²) in [5, 5.41) is 0. The number of nitrogens with two attached hydrogens (primary N) is 1. The van der Waals surface area contributed by atoms with Crippen molar-refractivity contribution in [1.29, 1.82) is 0 Å². The highest BCUT2D eigenvalue weighted by Gasteiger charge is 2.15. The van der Waals surface area contributed by atoms with E-state index in [0.29, 0.717) is 85.8 Å². The van der Waals surface area contributed by atoms with Crippen LogP contribution in [-0.4, -0.2) is 97.4 Å². The van der Waals surface area contributed by atoms with Gasteiger partial charge in [0.15, 0.2) is 0 Å². The van der Waals surface area contributed by atoms with Gasteiger partial charge in [-0.3, -0.25) is 4.79 Å². The highest BCUT2D eigenvalue weighted by atomic mass is 16.6. The van der Waals surface area contributed by atoms with Crippen LogP contribution in [0.5, 0.6) is 0 Å². The molecule has 9 nitrogen and oxygen atoms in total. The van der Waals surface area contributed by atoms with Gasteiger partial charge in [0.25, 0.3) is 0 Å². The zero-order chi connectivity index (χ0) is 20.9. The summed E-state index contributed by atoms with van der Waals surface area (Å²) >= 11 is 0. The lowest BCUT2D eigenvalue weighted by molar-refractivity contribution is -0.156. The molecule has 0 aliphatic rings. The first-order chi connectivity index (χ1) is 13.5. The van der Waals surface area contributed by atoms with Crippen LogP contribution in [0.2, 0.25) is 0 Å². The second-order valence-electron chi connectivity index (χ2n) is 6.80. The number of carbonyl (C=O) groups is 1. The Hall–Kier alpha value is -0.810. The maximum Gasteiger partial charge on any atom is 0.308 e. The molecule has 0 atom stereocenters. The molecule has 0 amide bonds. The molecule has 0 saturated carbocycles. The molecule has 0 aromatic rings. The van der Waals surface area contributed by atoms with E-state index in [1.807, 2.05) is 20.8 Å². The fraction of sp³-hybridized carbons (Fsp3) is 0.947. The molecule has 28 heavy (non-hydrogen) atoms. The Morgan fingerprint density at radius 2 is 0.929 bits per heavy atom. The van der Waals surface area contributed by atoms with Crippen molar-refractivity contribution in [3.05, 3.63) is 0 Å². The van der Waals surface area contributed by atoms with Crippen LogP contribution < -0.4 is 5.73 Å². The summed E-state index contributed by atoms with van der Waals surface area (Å²) in [6, 6.07) is 0. The van der Waals surface area contributed by atoms with E-state index in [-0.39, 0.29) is 12.4 Å². The average molecular weight is 410 g/mol. The van der Waals surface area contributed by atoms with E-state index >= 15 is 0 Å². The summed E-state index contributed by atoms with van der Waals surface area (Å²) in [6.45, 7) is 12.0. The standard InChI is InChI=1S/C19H39NO8/c1-19(2,3)28-18(21)4-6-22-8-10-24-12-14-26-16-17-27-15-13-25-11-9-23-7-5-20/h4-17,20H2,1-3H3. The zero-order valence-corrected chi connectivity index (χ0v) is 17.7. The van der Waals surface area contributed by atoms with Crippen molar-refractivity contribution in [3.8, 4) is 0 Å². The van der Waals surface area contributed by atoms with Gasteiger partial charge in [-0.25, -0.2) is 0 Å². The highest BCUT2D eigenvalue weighted by molar-refractivity contribution is 5.69. The number of carbonyl (C=O) groups excluding carboxylic acids is 1. The third kappa shape index (κ3) is 23.2. The van der Waals surface area contributed by atoms with Crippen LogP contribution in [0.4, 0.5) is 0 Å². The lowest BCUT2D eigenvalue weighted by Crippen LogP contribution is -2.24. The maximum atomic E-state index is 11.5. The van der Waals surface area contributed by atoms with Gasteiger partial charge in [-0.1, -0.05) is 0 Å². The minimum absolute atomic E-state index is 0.244. The van der Waals surface area contributed by atoms with Gasteiger partial charge >= 0.3 is 5.97 Å². The van der Waals surface area contributed by atoms with Crippen molar-refractivity contribution >= 4 is 5.97 Å². The normalized spacial score (nSPS) is 11.7. The first-order valence-electron chi connectivity index (χ1n) is 9.84. The quantitative estimate of drug-likeness (QED) is 0.230. The van der Waals surface area contributed by atoms with Crippen molar-refractivity contribution in [1.82, 2.24) is 0 Å². The zero-order valence-electron chi connectivity index (χ0n) is 17.7. The van der Waals surface area contributed by atoms with Crippen LogP contribution in [0.25, 0.3) is 0 Å². The van der Waals surface area contributed by atoms with Crippen molar-refractivity contribution in [2.24, 2.45) is 5.73 Å². The van der Waals surface area contributed by atoms with Gasteiger partial charge < -0.3 is 38.9 Å². The van der Waals surface area contributed by atoms with Crippen molar-refractivity contribution in [2.45, 2.75) is 32.8 Å². The van der Waals surface area contributed by atoms with Gasteiger partial charge in [0.1, 0.15) is 5.60 Å². The third-order valence-corrected chi connectivity index (χ3v) is 2.99. The fourth-order valence-corrected chi connectivity index (χ4v) is 1.83. The molecule has 9 heteroatoms. The van der Waals surface area contributed by atoms with Gasteiger partial charge in [-0.15, -0.1) is 0 Å². The van der Waals surface area contributed by atoms with Gasteiger partial charge in [0.2, 0.25) is 0 Å². The first kappa shape index (κ1) is 27.2. The molecule has 2 N–H and O–H groups in total. The maximum absolute atomic E-state index is 11.5. The predicted octanol–water partition coefficient (Wildman–Crippen LogP) is 0.777. The van der Waals surface area contributed by atoms with E-state index in [2.05, 4.69) is 0 Å². The lowest BCUT2D eigenvalue weighted by Gasteiger charge is -2.19. The largest absolute Gasteiger partial charge is 0.460 e. The molecule has 0 aliphatic heterocycles. The van der Waals surface area contributed by atoms with Crippen LogP contribution in [0.3, 0.4) is 0 Å². The summed E-state index contributed by atoms with van der Waals surface area (Å²) in [4.78, 5) is 11.5. The molecule has 0 heterocycles. The van der Waals surface area contributed by atoms with E-state index in [1.165, 1.54) is 0 Å². The number of hydrogen-bond donors (Lipinski definition) is 1. The van der Waals surface area contributed by atoms with Crippen LogP contribution in [0, 0.1) is 0 Å². The molecule has 0 radical (unpaired) electrons. The minimum Gasteiger partial charge on any atom is -0.460 e. The number of hydrogen-bond acceptors (Lipinski definition) is 9. The Balaban J connectivity index is 3.11. The SMILES string of the molecule is CC(C)(C)OC(=O)CCOCCOCCOCCOCCOCCOCCN. The molecular weight excluding hydrogens is 370 g/mol. The van der Waals surface area contributed by atoms with Crippen molar-refractivity contribution in [2.75, 3.05) is 85.8 Å². The van der Waals surface area contributed by atoms with Crippen molar-refractivity contribution < 1.29 is 38.0 Å². The molecular formula is C19H39NO8. The van der Waals surface area contributed by atoms with E-state index in [9.17, 15) is 4.79 Å². The highest BCUT2D eigenvalue weighted by Crippen LogP contribution is 2.07. The summed E-state index contributed by atoms with van der Waals surface area (Å²) in [5.74, 6) is -0.257. The Labute approximate surface area is 169 Å². The van der Waals surface area contributed by atoms with Gasteiger partial charge in [0.05, 0.1) is 85.7 Å². The van der Waals surface area contributed by atoms with Crippen LogP contribution in [0.1, 0.15) is 27.2 Å². The fourth-order valence-electron chi connectivity index (χ4n) is 1.83. The molecule has 168 valence electrons. The summed E-state index contributed by atoms with van der Waals surface area (Å²) in [6.07, 6.45) is 0.244. The van der Waals surface area contributed by atoms with E-state index in [4.69, 9.17) is 38.9 Å². The molecule has 0 saturated heterocycles. The molecule has 0 spiro atoms. The predicted molar refractivity (Wildman–Crippen MR) is 104 cm³/mol. The second kappa shape index (κ2) is 19.5. The number of esters is 1. The summed E-state index contributed by atoms with van der Waals surface area (Å²) < 4.78 is 37.1. The molecule has 0 aliphatic carbocycles. The molecule has 0 aromatic carbocycles. The summed E-state index contributed by atoms with van der Waals surface area (Å²) in [5.41, 5.74) is 4.84. The van der Waals surface area contributed by atoms with Crippen LogP contribution >= 0.6 is 0 Å². The van der Waals surface area contributed by atoms with Crippen LogP contribution in [0.15, 0.2) is 0 Å².